The zero-order valence-electron chi connectivity index (χ0n) is 11.4. The molecule has 1 aliphatic rings. The van der Waals surface area contributed by atoms with Crippen molar-refractivity contribution in [1.29, 1.82) is 0 Å². The second kappa shape index (κ2) is 6.13. The van der Waals surface area contributed by atoms with E-state index >= 15 is 0 Å². The minimum absolute atomic E-state index is 0.298. The fourth-order valence-corrected chi connectivity index (χ4v) is 2.82. The van der Waals surface area contributed by atoms with Gasteiger partial charge in [0.05, 0.1) is 10.7 Å². The van der Waals surface area contributed by atoms with Crippen LogP contribution in [-0.2, 0) is 9.59 Å². The van der Waals surface area contributed by atoms with E-state index in [2.05, 4.69) is 4.90 Å². The van der Waals surface area contributed by atoms with Crippen molar-refractivity contribution in [2.45, 2.75) is 18.9 Å². The van der Waals surface area contributed by atoms with Crippen LogP contribution in [0.4, 0.5) is 5.69 Å². The van der Waals surface area contributed by atoms with Gasteiger partial charge in [-0.25, -0.2) is 0 Å². The number of rotatable bonds is 2. The van der Waals surface area contributed by atoms with Gasteiger partial charge in [-0.05, 0) is 25.0 Å². The van der Waals surface area contributed by atoms with Gasteiger partial charge in [-0.1, -0.05) is 23.7 Å². The lowest BCUT2D eigenvalue weighted by Crippen LogP contribution is -2.49. The monoisotopic (exact) mass is 295 g/mol. The number of halogens is 1. The maximum Gasteiger partial charge on any atom is 0.311 e. The molecule has 2 rings (SSSR count). The summed E-state index contributed by atoms with van der Waals surface area (Å²) >= 11 is 6.19. The van der Waals surface area contributed by atoms with Crippen molar-refractivity contribution in [2.24, 2.45) is 5.73 Å². The predicted molar refractivity (Wildman–Crippen MR) is 78.7 cm³/mol. The van der Waals surface area contributed by atoms with Gasteiger partial charge in [-0.3, -0.25) is 9.59 Å². The second-order valence-corrected chi connectivity index (χ2v) is 5.36. The number of nitrogens with zero attached hydrogens (tertiary/aromatic N) is 2. The summed E-state index contributed by atoms with van der Waals surface area (Å²) in [5.74, 6) is -1.48. The summed E-state index contributed by atoms with van der Waals surface area (Å²) in [6.07, 6.45) is 1.58. The molecule has 1 aromatic rings. The van der Waals surface area contributed by atoms with Gasteiger partial charge in [0.2, 0.25) is 0 Å². The number of benzene rings is 1. The molecule has 0 atom stereocenters. The number of likely N-dealkylation sites (tertiary alicyclic amines) is 1. The Bertz CT molecular complexity index is 513. The highest BCUT2D eigenvalue weighted by molar-refractivity contribution is 6.34. The molecule has 0 aromatic heterocycles. The SMILES string of the molecule is CN(c1ccccc1Cl)C1CCN(C(=O)C(N)=O)CC1. The van der Waals surface area contributed by atoms with Crippen LogP contribution in [0.3, 0.4) is 0 Å². The number of hydrogen-bond acceptors (Lipinski definition) is 3. The van der Waals surface area contributed by atoms with Crippen LogP contribution in [0.1, 0.15) is 12.8 Å². The number of primary amides is 1. The molecule has 0 aliphatic carbocycles. The molecular formula is C14H18ClN3O2. The number of carbonyl (C=O) groups excluding carboxylic acids is 2. The minimum atomic E-state index is -0.886. The van der Waals surface area contributed by atoms with Gasteiger partial charge in [0, 0.05) is 26.2 Å². The van der Waals surface area contributed by atoms with E-state index in [1.807, 2.05) is 31.3 Å². The highest BCUT2D eigenvalue weighted by Gasteiger charge is 2.27. The molecule has 108 valence electrons. The Kier molecular flexibility index (Phi) is 4.49. The van der Waals surface area contributed by atoms with Crippen molar-refractivity contribution in [3.05, 3.63) is 29.3 Å². The first kappa shape index (κ1) is 14.7. The fourth-order valence-electron chi connectivity index (χ4n) is 2.55. The minimum Gasteiger partial charge on any atom is -0.370 e. The molecule has 1 aliphatic heterocycles. The number of anilines is 1. The first-order valence-electron chi connectivity index (χ1n) is 6.56. The van der Waals surface area contributed by atoms with Gasteiger partial charge in [-0.15, -0.1) is 0 Å². The molecule has 1 aromatic carbocycles. The molecule has 0 spiro atoms. The Hall–Kier alpha value is -1.75. The number of carbonyl (C=O) groups is 2. The topological polar surface area (TPSA) is 66.6 Å². The van der Waals surface area contributed by atoms with Crippen LogP contribution in [0.15, 0.2) is 24.3 Å². The molecule has 0 unspecified atom stereocenters. The molecule has 0 saturated carbocycles. The number of nitrogens with two attached hydrogens (primary N) is 1. The molecule has 1 heterocycles. The quantitative estimate of drug-likeness (QED) is 0.835. The lowest BCUT2D eigenvalue weighted by Gasteiger charge is -2.37. The number of amides is 2. The molecule has 6 heteroatoms. The van der Waals surface area contributed by atoms with E-state index in [0.29, 0.717) is 24.2 Å². The largest absolute Gasteiger partial charge is 0.370 e. The average molecular weight is 296 g/mol. The summed E-state index contributed by atoms with van der Waals surface area (Å²) in [5.41, 5.74) is 5.99. The van der Waals surface area contributed by atoms with Crippen LogP contribution < -0.4 is 10.6 Å². The van der Waals surface area contributed by atoms with E-state index in [1.54, 1.807) is 0 Å². The number of para-hydroxylation sites is 1. The van der Waals surface area contributed by atoms with E-state index in [1.165, 1.54) is 4.90 Å². The van der Waals surface area contributed by atoms with E-state index in [9.17, 15) is 9.59 Å². The molecule has 5 nitrogen and oxygen atoms in total. The van der Waals surface area contributed by atoms with Gasteiger partial charge < -0.3 is 15.5 Å². The standard InChI is InChI=1S/C14H18ClN3O2/c1-17(12-5-3-2-4-11(12)15)10-6-8-18(9-7-10)14(20)13(16)19/h2-5,10H,6-9H2,1H3,(H2,16,19). The van der Waals surface area contributed by atoms with Crippen LogP contribution in [0.25, 0.3) is 0 Å². The van der Waals surface area contributed by atoms with Crippen LogP contribution in [-0.4, -0.2) is 42.9 Å². The maximum absolute atomic E-state index is 11.5. The molecule has 2 N–H and O–H groups in total. The van der Waals surface area contributed by atoms with E-state index in [-0.39, 0.29) is 0 Å². The van der Waals surface area contributed by atoms with Gasteiger partial charge >= 0.3 is 11.8 Å². The van der Waals surface area contributed by atoms with Crippen molar-refractivity contribution in [1.82, 2.24) is 4.90 Å². The lowest BCUT2D eigenvalue weighted by atomic mass is 10.0. The zero-order chi connectivity index (χ0) is 14.7. The van der Waals surface area contributed by atoms with Crippen molar-refractivity contribution in [2.75, 3.05) is 25.0 Å². The van der Waals surface area contributed by atoms with Gasteiger partial charge in [0.1, 0.15) is 0 Å². The lowest BCUT2D eigenvalue weighted by molar-refractivity contribution is -0.144. The third-order valence-corrected chi connectivity index (χ3v) is 4.06. The normalized spacial score (nSPS) is 16.0. The van der Waals surface area contributed by atoms with Crippen LogP contribution in [0.2, 0.25) is 5.02 Å². The van der Waals surface area contributed by atoms with Crippen molar-refractivity contribution in [3.63, 3.8) is 0 Å². The number of hydrogen-bond donors (Lipinski definition) is 1. The Morgan fingerprint density at radius 3 is 2.45 bits per heavy atom. The third kappa shape index (κ3) is 3.04. The third-order valence-electron chi connectivity index (χ3n) is 3.74. The van der Waals surface area contributed by atoms with Gasteiger partial charge in [0.15, 0.2) is 0 Å². The Morgan fingerprint density at radius 1 is 1.30 bits per heavy atom. The van der Waals surface area contributed by atoms with Gasteiger partial charge in [0.25, 0.3) is 0 Å². The van der Waals surface area contributed by atoms with Crippen LogP contribution in [0, 0.1) is 0 Å². The van der Waals surface area contributed by atoms with Gasteiger partial charge in [-0.2, -0.15) is 0 Å². The maximum atomic E-state index is 11.5. The van der Waals surface area contributed by atoms with Crippen molar-refractivity contribution in [3.8, 4) is 0 Å². The fraction of sp³-hybridized carbons (Fsp3) is 0.429. The summed E-state index contributed by atoms with van der Waals surface area (Å²) in [6.45, 7) is 1.09. The Labute approximate surface area is 123 Å². The molecule has 1 fully saturated rings. The summed E-state index contributed by atoms with van der Waals surface area (Å²) in [4.78, 5) is 26.0. The highest BCUT2D eigenvalue weighted by atomic mass is 35.5. The summed E-state index contributed by atoms with van der Waals surface area (Å²) < 4.78 is 0. The summed E-state index contributed by atoms with van der Waals surface area (Å²) in [5, 5.41) is 0.714. The summed E-state index contributed by atoms with van der Waals surface area (Å²) in [7, 11) is 2.00. The molecule has 0 bridgehead atoms. The zero-order valence-corrected chi connectivity index (χ0v) is 12.1. The molecule has 20 heavy (non-hydrogen) atoms. The summed E-state index contributed by atoms with van der Waals surface area (Å²) in [6, 6.07) is 7.98. The highest BCUT2D eigenvalue weighted by Crippen LogP contribution is 2.28. The van der Waals surface area contributed by atoms with E-state index in [0.717, 1.165) is 18.5 Å². The Morgan fingerprint density at radius 2 is 1.90 bits per heavy atom. The molecular weight excluding hydrogens is 278 g/mol. The predicted octanol–water partition coefficient (Wildman–Crippen LogP) is 1.25. The molecule has 2 amide bonds. The van der Waals surface area contributed by atoms with E-state index in [4.69, 9.17) is 17.3 Å². The van der Waals surface area contributed by atoms with Crippen LogP contribution >= 0.6 is 11.6 Å². The number of piperidine rings is 1. The van der Waals surface area contributed by atoms with Crippen molar-refractivity contribution < 1.29 is 9.59 Å². The Balaban J connectivity index is 1.99. The molecule has 1 saturated heterocycles. The van der Waals surface area contributed by atoms with E-state index < -0.39 is 11.8 Å². The van der Waals surface area contributed by atoms with Crippen LogP contribution in [0.5, 0.6) is 0 Å². The second-order valence-electron chi connectivity index (χ2n) is 4.95. The first-order valence-corrected chi connectivity index (χ1v) is 6.94. The smallest absolute Gasteiger partial charge is 0.311 e. The van der Waals surface area contributed by atoms with Crippen molar-refractivity contribution >= 4 is 29.1 Å². The average Bonchev–Trinajstić information content (AvgIpc) is 2.46. The molecule has 0 radical (unpaired) electrons. The first-order chi connectivity index (χ1) is 9.50.